The van der Waals surface area contributed by atoms with E-state index in [1.54, 1.807) is 6.20 Å². The zero-order valence-electron chi connectivity index (χ0n) is 10.8. The molecule has 0 aliphatic rings. The summed E-state index contributed by atoms with van der Waals surface area (Å²) in [7, 11) is 0. The third-order valence-corrected chi connectivity index (χ3v) is 2.58. The summed E-state index contributed by atoms with van der Waals surface area (Å²) in [5, 5.41) is 0. The fourth-order valence-corrected chi connectivity index (χ4v) is 1.84. The molecule has 0 unspecified atom stereocenters. The number of nitrogen functional groups attached to an aromatic ring is 1. The third kappa shape index (κ3) is 3.23. The second-order valence-electron chi connectivity index (χ2n) is 4.54. The Balaban J connectivity index is 2.23. The standard InChI is InChI=1S/C15H18N2O/c1-11(2)18-14-6-4-3-5-13(14)9-12-7-8-17-15(16)10-12/h3-8,10-11H,9H2,1-2H3,(H2,16,17). The minimum absolute atomic E-state index is 0.175. The van der Waals surface area contributed by atoms with Crippen molar-refractivity contribution < 1.29 is 4.74 Å². The van der Waals surface area contributed by atoms with Gasteiger partial charge in [-0.15, -0.1) is 0 Å². The maximum absolute atomic E-state index is 5.80. The van der Waals surface area contributed by atoms with E-state index in [9.17, 15) is 0 Å². The zero-order valence-corrected chi connectivity index (χ0v) is 10.8. The summed E-state index contributed by atoms with van der Waals surface area (Å²) in [6, 6.07) is 12.0. The molecule has 0 fully saturated rings. The summed E-state index contributed by atoms with van der Waals surface area (Å²) in [6.45, 7) is 4.06. The van der Waals surface area contributed by atoms with Gasteiger partial charge in [-0.25, -0.2) is 4.98 Å². The lowest BCUT2D eigenvalue weighted by Crippen LogP contribution is -2.07. The number of hydrogen-bond donors (Lipinski definition) is 1. The van der Waals surface area contributed by atoms with Gasteiger partial charge in [0.05, 0.1) is 6.10 Å². The average molecular weight is 242 g/mol. The predicted octanol–water partition coefficient (Wildman–Crippen LogP) is 3.04. The number of pyridine rings is 1. The molecule has 3 heteroatoms. The van der Waals surface area contributed by atoms with E-state index in [4.69, 9.17) is 10.5 Å². The quantitative estimate of drug-likeness (QED) is 0.896. The Hall–Kier alpha value is -2.03. The molecular formula is C15H18N2O. The number of benzene rings is 1. The molecule has 0 saturated heterocycles. The number of nitrogens with zero attached hydrogens (tertiary/aromatic N) is 1. The van der Waals surface area contributed by atoms with Crippen molar-refractivity contribution in [1.82, 2.24) is 4.98 Å². The molecule has 2 N–H and O–H groups in total. The van der Waals surface area contributed by atoms with Crippen molar-refractivity contribution in [2.24, 2.45) is 0 Å². The highest BCUT2D eigenvalue weighted by Crippen LogP contribution is 2.22. The van der Waals surface area contributed by atoms with Gasteiger partial charge in [-0.2, -0.15) is 0 Å². The normalized spacial score (nSPS) is 10.6. The summed E-state index contributed by atoms with van der Waals surface area (Å²) in [6.07, 6.45) is 2.71. The van der Waals surface area contributed by atoms with Crippen LogP contribution in [0.4, 0.5) is 5.82 Å². The molecule has 1 aromatic heterocycles. The molecule has 0 amide bonds. The predicted molar refractivity (Wildman–Crippen MR) is 73.7 cm³/mol. The van der Waals surface area contributed by atoms with Crippen LogP contribution < -0.4 is 10.5 Å². The SMILES string of the molecule is CC(C)Oc1ccccc1Cc1ccnc(N)c1. The van der Waals surface area contributed by atoms with Crippen LogP contribution in [0.2, 0.25) is 0 Å². The van der Waals surface area contributed by atoms with E-state index in [1.165, 1.54) is 0 Å². The number of rotatable bonds is 4. The Morgan fingerprint density at radius 3 is 2.72 bits per heavy atom. The molecule has 1 aromatic carbocycles. The highest BCUT2D eigenvalue weighted by molar-refractivity contribution is 5.40. The van der Waals surface area contributed by atoms with Crippen molar-refractivity contribution in [2.45, 2.75) is 26.4 Å². The van der Waals surface area contributed by atoms with Crippen LogP contribution in [0.3, 0.4) is 0 Å². The molecule has 3 nitrogen and oxygen atoms in total. The van der Waals surface area contributed by atoms with E-state index in [2.05, 4.69) is 11.1 Å². The summed E-state index contributed by atoms with van der Waals surface area (Å²) >= 11 is 0. The minimum atomic E-state index is 0.175. The minimum Gasteiger partial charge on any atom is -0.491 e. The van der Waals surface area contributed by atoms with Gasteiger partial charge in [0.15, 0.2) is 0 Å². The summed E-state index contributed by atoms with van der Waals surface area (Å²) in [4.78, 5) is 4.00. The van der Waals surface area contributed by atoms with E-state index in [0.29, 0.717) is 5.82 Å². The Kier molecular flexibility index (Phi) is 3.82. The first-order chi connectivity index (χ1) is 8.65. The van der Waals surface area contributed by atoms with Crippen LogP contribution in [0.5, 0.6) is 5.75 Å². The molecule has 2 aromatic rings. The van der Waals surface area contributed by atoms with Crippen LogP contribution in [-0.4, -0.2) is 11.1 Å². The van der Waals surface area contributed by atoms with Gasteiger partial charge in [0.1, 0.15) is 11.6 Å². The first-order valence-corrected chi connectivity index (χ1v) is 6.10. The van der Waals surface area contributed by atoms with Gasteiger partial charge in [-0.1, -0.05) is 18.2 Å². The van der Waals surface area contributed by atoms with Crippen LogP contribution in [-0.2, 0) is 6.42 Å². The van der Waals surface area contributed by atoms with E-state index in [-0.39, 0.29) is 6.10 Å². The summed E-state index contributed by atoms with van der Waals surface area (Å²) < 4.78 is 5.80. The summed E-state index contributed by atoms with van der Waals surface area (Å²) in [5.41, 5.74) is 7.99. The topological polar surface area (TPSA) is 48.1 Å². The smallest absolute Gasteiger partial charge is 0.123 e. The second kappa shape index (κ2) is 5.54. The lowest BCUT2D eigenvalue weighted by atomic mass is 10.0. The van der Waals surface area contributed by atoms with Crippen LogP contribution in [0.1, 0.15) is 25.0 Å². The Morgan fingerprint density at radius 2 is 2.00 bits per heavy atom. The Bertz CT molecular complexity index is 523. The maximum atomic E-state index is 5.80. The molecule has 0 saturated carbocycles. The molecule has 0 atom stereocenters. The van der Waals surface area contributed by atoms with Gasteiger partial charge < -0.3 is 10.5 Å². The van der Waals surface area contributed by atoms with Crippen molar-refractivity contribution in [2.75, 3.05) is 5.73 Å². The van der Waals surface area contributed by atoms with Crippen LogP contribution in [0, 0.1) is 0 Å². The average Bonchev–Trinajstić information content (AvgIpc) is 2.31. The van der Waals surface area contributed by atoms with Gasteiger partial charge in [-0.3, -0.25) is 0 Å². The number of nitrogens with two attached hydrogens (primary N) is 1. The monoisotopic (exact) mass is 242 g/mol. The van der Waals surface area contributed by atoms with Crippen LogP contribution in [0.25, 0.3) is 0 Å². The maximum Gasteiger partial charge on any atom is 0.123 e. The molecule has 0 radical (unpaired) electrons. The number of para-hydroxylation sites is 1. The van der Waals surface area contributed by atoms with Crippen molar-refractivity contribution in [3.63, 3.8) is 0 Å². The Morgan fingerprint density at radius 1 is 1.22 bits per heavy atom. The van der Waals surface area contributed by atoms with Crippen LogP contribution in [0.15, 0.2) is 42.6 Å². The Labute approximate surface area is 108 Å². The lowest BCUT2D eigenvalue weighted by molar-refractivity contribution is 0.240. The van der Waals surface area contributed by atoms with Gasteiger partial charge in [-0.05, 0) is 43.2 Å². The largest absolute Gasteiger partial charge is 0.491 e. The van der Waals surface area contributed by atoms with Crippen LogP contribution >= 0.6 is 0 Å². The van der Waals surface area contributed by atoms with Gasteiger partial charge in [0.2, 0.25) is 0 Å². The highest BCUT2D eigenvalue weighted by atomic mass is 16.5. The number of anilines is 1. The zero-order chi connectivity index (χ0) is 13.0. The fourth-order valence-electron chi connectivity index (χ4n) is 1.84. The molecular weight excluding hydrogens is 224 g/mol. The molecule has 2 rings (SSSR count). The van der Waals surface area contributed by atoms with Gasteiger partial charge in [0.25, 0.3) is 0 Å². The number of ether oxygens (including phenoxy) is 1. The molecule has 94 valence electrons. The molecule has 18 heavy (non-hydrogen) atoms. The fraction of sp³-hybridized carbons (Fsp3) is 0.267. The van der Waals surface area contributed by atoms with Crippen molar-refractivity contribution in [1.29, 1.82) is 0 Å². The molecule has 0 spiro atoms. The van der Waals surface area contributed by atoms with E-state index >= 15 is 0 Å². The highest BCUT2D eigenvalue weighted by Gasteiger charge is 2.06. The molecule has 0 aliphatic carbocycles. The molecule has 0 aliphatic heterocycles. The van der Waals surface area contributed by atoms with Crippen molar-refractivity contribution in [3.05, 3.63) is 53.7 Å². The van der Waals surface area contributed by atoms with Gasteiger partial charge in [0, 0.05) is 12.6 Å². The van der Waals surface area contributed by atoms with E-state index in [0.717, 1.165) is 23.3 Å². The second-order valence-corrected chi connectivity index (χ2v) is 4.54. The van der Waals surface area contributed by atoms with Gasteiger partial charge >= 0.3 is 0 Å². The van der Waals surface area contributed by atoms with E-state index < -0.39 is 0 Å². The first-order valence-electron chi connectivity index (χ1n) is 6.10. The first kappa shape index (κ1) is 12.4. The van der Waals surface area contributed by atoms with Crippen molar-refractivity contribution >= 4 is 5.82 Å². The lowest BCUT2D eigenvalue weighted by Gasteiger charge is -2.14. The third-order valence-electron chi connectivity index (χ3n) is 2.58. The van der Waals surface area contributed by atoms with E-state index in [1.807, 2.05) is 44.2 Å². The number of aromatic nitrogens is 1. The molecule has 1 heterocycles. The summed E-state index contributed by atoms with van der Waals surface area (Å²) in [5.74, 6) is 1.48. The molecule has 0 bridgehead atoms. The van der Waals surface area contributed by atoms with Crippen molar-refractivity contribution in [3.8, 4) is 5.75 Å². The number of hydrogen-bond acceptors (Lipinski definition) is 3.